The monoisotopic (exact) mass is 533 g/mol. The molecule has 37 heavy (non-hydrogen) atoms. The van der Waals surface area contributed by atoms with E-state index in [1.54, 1.807) is 0 Å². The van der Waals surface area contributed by atoms with Gasteiger partial charge in [0.25, 0.3) is 0 Å². The lowest BCUT2D eigenvalue weighted by Crippen LogP contribution is -2.43. The summed E-state index contributed by atoms with van der Waals surface area (Å²) in [7, 11) is 1.36. The average molecular weight is 534 g/mol. The number of hydrogen-bond donors (Lipinski definition) is 2. The van der Waals surface area contributed by atoms with E-state index in [0.717, 1.165) is 24.2 Å². The molecular weight excluding hydrogens is 478 g/mol. The van der Waals surface area contributed by atoms with Crippen LogP contribution in [0.4, 0.5) is 0 Å². The van der Waals surface area contributed by atoms with Crippen molar-refractivity contribution in [2.45, 2.75) is 141 Å². The van der Waals surface area contributed by atoms with Crippen molar-refractivity contribution >= 4 is 24.5 Å². The minimum absolute atomic E-state index is 0.0637. The van der Waals surface area contributed by atoms with Crippen molar-refractivity contribution in [3.8, 4) is 0 Å². The molecule has 1 rings (SSSR count). The molecule has 0 aliphatic heterocycles. The Hall–Kier alpha value is -1.49. The quantitative estimate of drug-likeness (QED) is 0.0751. The molecular formula is C32H55NO3S. The Bertz CT molecular complexity index is 667. The van der Waals surface area contributed by atoms with Crippen molar-refractivity contribution in [1.82, 2.24) is 5.32 Å². The number of thiol groups is 1. The van der Waals surface area contributed by atoms with E-state index < -0.39 is 12.0 Å². The zero-order chi connectivity index (χ0) is 26.8. The SMILES string of the molecule is COC(=O)[C@H](Cc1ccccc1)NC(=O)CCCCCCCCCCCCCCCCCCCCCS. The van der Waals surface area contributed by atoms with Crippen LogP contribution in [0.3, 0.4) is 0 Å². The summed E-state index contributed by atoms with van der Waals surface area (Å²) >= 11 is 4.27. The molecule has 0 heterocycles. The minimum Gasteiger partial charge on any atom is -0.467 e. The molecule has 0 saturated heterocycles. The van der Waals surface area contributed by atoms with Gasteiger partial charge in [-0.2, -0.15) is 12.6 Å². The lowest BCUT2D eigenvalue weighted by Gasteiger charge is -2.16. The molecule has 0 radical (unpaired) electrons. The third-order valence-electron chi connectivity index (χ3n) is 7.17. The summed E-state index contributed by atoms with van der Waals surface area (Å²) in [4.78, 5) is 24.4. The summed E-state index contributed by atoms with van der Waals surface area (Å²) in [5.74, 6) is 0.588. The zero-order valence-corrected chi connectivity index (χ0v) is 24.6. The van der Waals surface area contributed by atoms with Gasteiger partial charge in [-0.3, -0.25) is 4.79 Å². The van der Waals surface area contributed by atoms with Gasteiger partial charge in [-0.25, -0.2) is 4.79 Å². The maximum Gasteiger partial charge on any atom is 0.328 e. The summed E-state index contributed by atoms with van der Waals surface area (Å²) in [5.41, 5.74) is 1.01. The second-order valence-electron chi connectivity index (χ2n) is 10.5. The summed E-state index contributed by atoms with van der Waals surface area (Å²) in [6.45, 7) is 0. The van der Waals surface area contributed by atoms with E-state index in [2.05, 4.69) is 17.9 Å². The van der Waals surface area contributed by atoms with Crippen LogP contribution in [0.2, 0.25) is 0 Å². The van der Waals surface area contributed by atoms with Crippen molar-refractivity contribution in [3.05, 3.63) is 35.9 Å². The summed E-state index contributed by atoms with van der Waals surface area (Å²) in [5, 5.41) is 2.86. The Morgan fingerprint density at radius 3 is 1.49 bits per heavy atom. The molecule has 5 heteroatoms. The number of carbonyl (C=O) groups is 2. The zero-order valence-electron chi connectivity index (χ0n) is 23.7. The molecule has 1 atom stereocenters. The molecule has 0 bridgehead atoms. The number of amides is 1. The molecule has 0 spiro atoms. The Morgan fingerprint density at radius 2 is 1.08 bits per heavy atom. The summed E-state index contributed by atoms with van der Waals surface area (Å²) in [6.07, 6.45) is 26.1. The molecule has 1 N–H and O–H groups in total. The number of ether oxygens (including phenoxy) is 1. The number of unbranched alkanes of at least 4 members (excludes halogenated alkanes) is 18. The molecule has 0 saturated carbocycles. The largest absolute Gasteiger partial charge is 0.467 e. The molecule has 212 valence electrons. The number of nitrogens with one attached hydrogen (secondary N) is 1. The van der Waals surface area contributed by atoms with Gasteiger partial charge < -0.3 is 10.1 Å². The van der Waals surface area contributed by atoms with Crippen LogP contribution in [0, 0.1) is 0 Å². The first-order valence-electron chi connectivity index (χ1n) is 15.2. The normalized spacial score (nSPS) is 11.8. The van der Waals surface area contributed by atoms with Crippen molar-refractivity contribution in [1.29, 1.82) is 0 Å². The Balaban J connectivity index is 1.89. The molecule has 0 aliphatic carbocycles. The fraction of sp³-hybridized carbons (Fsp3) is 0.750. The van der Waals surface area contributed by atoms with E-state index in [1.165, 1.54) is 116 Å². The van der Waals surface area contributed by atoms with Crippen LogP contribution < -0.4 is 5.32 Å². The van der Waals surface area contributed by atoms with Crippen LogP contribution in [-0.2, 0) is 20.7 Å². The lowest BCUT2D eigenvalue weighted by molar-refractivity contribution is -0.145. The lowest BCUT2D eigenvalue weighted by atomic mass is 10.0. The summed E-state index contributed by atoms with van der Waals surface area (Å²) in [6, 6.07) is 9.10. The van der Waals surface area contributed by atoms with Crippen LogP contribution in [0.1, 0.15) is 134 Å². The Morgan fingerprint density at radius 1 is 0.676 bits per heavy atom. The number of carbonyl (C=O) groups excluding carboxylic acids is 2. The predicted octanol–water partition coefficient (Wildman–Crippen LogP) is 8.62. The fourth-order valence-corrected chi connectivity index (χ4v) is 5.08. The van der Waals surface area contributed by atoms with E-state index in [0.29, 0.717) is 12.8 Å². The third-order valence-corrected chi connectivity index (χ3v) is 7.48. The van der Waals surface area contributed by atoms with Gasteiger partial charge in [0.15, 0.2) is 0 Å². The van der Waals surface area contributed by atoms with Crippen molar-refractivity contribution in [2.75, 3.05) is 12.9 Å². The first-order chi connectivity index (χ1) is 18.2. The smallest absolute Gasteiger partial charge is 0.328 e. The van der Waals surface area contributed by atoms with E-state index in [1.807, 2.05) is 30.3 Å². The molecule has 1 amide bonds. The van der Waals surface area contributed by atoms with Crippen LogP contribution in [0.5, 0.6) is 0 Å². The Labute approximate surface area is 233 Å². The second kappa shape index (κ2) is 24.8. The standard InChI is InChI=1S/C32H55NO3S/c1-36-32(35)30(28-29-24-20-19-21-25-29)33-31(34)26-22-17-15-13-11-9-7-5-3-2-4-6-8-10-12-14-16-18-23-27-37/h19-21,24-25,30,37H,2-18,22-23,26-28H2,1H3,(H,33,34)/t30-/m0/s1. The topological polar surface area (TPSA) is 55.4 Å². The highest BCUT2D eigenvalue weighted by molar-refractivity contribution is 7.80. The molecule has 0 aromatic heterocycles. The molecule has 0 unspecified atom stereocenters. The molecule has 1 aromatic carbocycles. The highest BCUT2D eigenvalue weighted by Crippen LogP contribution is 2.15. The molecule has 4 nitrogen and oxygen atoms in total. The maximum absolute atomic E-state index is 12.3. The van der Waals surface area contributed by atoms with Crippen LogP contribution in [0.15, 0.2) is 30.3 Å². The number of rotatable bonds is 25. The first kappa shape index (κ1) is 33.5. The van der Waals surface area contributed by atoms with Gasteiger partial charge in [-0.15, -0.1) is 0 Å². The van der Waals surface area contributed by atoms with Crippen molar-refractivity contribution in [2.24, 2.45) is 0 Å². The van der Waals surface area contributed by atoms with E-state index in [9.17, 15) is 9.59 Å². The number of hydrogen-bond acceptors (Lipinski definition) is 4. The van der Waals surface area contributed by atoms with Crippen molar-refractivity contribution in [3.63, 3.8) is 0 Å². The number of methoxy groups -OCH3 is 1. The molecule has 0 aliphatic rings. The van der Waals surface area contributed by atoms with Crippen LogP contribution in [0.25, 0.3) is 0 Å². The van der Waals surface area contributed by atoms with Gasteiger partial charge in [0.2, 0.25) is 5.91 Å². The van der Waals surface area contributed by atoms with Gasteiger partial charge in [0, 0.05) is 12.8 Å². The Kier molecular flexibility index (Phi) is 22.5. The van der Waals surface area contributed by atoms with Gasteiger partial charge in [0.05, 0.1) is 7.11 Å². The third kappa shape index (κ3) is 20.2. The van der Waals surface area contributed by atoms with Crippen LogP contribution >= 0.6 is 12.6 Å². The molecule has 1 aromatic rings. The maximum atomic E-state index is 12.3. The number of esters is 1. The molecule has 0 fully saturated rings. The van der Waals surface area contributed by atoms with E-state index in [4.69, 9.17) is 4.74 Å². The van der Waals surface area contributed by atoms with E-state index in [-0.39, 0.29) is 5.91 Å². The fourth-order valence-electron chi connectivity index (χ4n) is 4.85. The summed E-state index contributed by atoms with van der Waals surface area (Å²) < 4.78 is 4.88. The minimum atomic E-state index is -0.622. The van der Waals surface area contributed by atoms with Gasteiger partial charge >= 0.3 is 5.97 Å². The van der Waals surface area contributed by atoms with Gasteiger partial charge in [0.1, 0.15) is 6.04 Å². The second-order valence-corrected chi connectivity index (χ2v) is 11.0. The van der Waals surface area contributed by atoms with Crippen molar-refractivity contribution < 1.29 is 14.3 Å². The highest BCUT2D eigenvalue weighted by atomic mass is 32.1. The van der Waals surface area contributed by atoms with Gasteiger partial charge in [-0.05, 0) is 24.2 Å². The average Bonchev–Trinajstić information content (AvgIpc) is 2.91. The first-order valence-corrected chi connectivity index (χ1v) is 15.8. The van der Waals surface area contributed by atoms with Gasteiger partial charge in [-0.1, -0.05) is 139 Å². The van der Waals surface area contributed by atoms with E-state index >= 15 is 0 Å². The van der Waals surface area contributed by atoms with Crippen LogP contribution in [-0.4, -0.2) is 30.8 Å². The predicted molar refractivity (Wildman–Crippen MR) is 160 cm³/mol. The highest BCUT2D eigenvalue weighted by Gasteiger charge is 2.21. The number of benzene rings is 1.